The van der Waals surface area contributed by atoms with Crippen molar-refractivity contribution >= 4 is 5.91 Å². The van der Waals surface area contributed by atoms with Crippen molar-refractivity contribution in [3.63, 3.8) is 0 Å². The molecule has 0 spiro atoms. The van der Waals surface area contributed by atoms with Gasteiger partial charge in [-0.1, -0.05) is 52.2 Å². The van der Waals surface area contributed by atoms with Crippen LogP contribution in [0.25, 0.3) is 0 Å². The standard InChI is InChI=1S/C20H33NO2/c1-6-9-10-17(7-2)14-21-20(22)18(8-3)23-19-13-15(4)11-12-16(19)5/h11-13,17-18H,6-10,14H2,1-5H3,(H,21,22). The van der Waals surface area contributed by atoms with Gasteiger partial charge in [-0.3, -0.25) is 4.79 Å². The highest BCUT2D eigenvalue weighted by Crippen LogP contribution is 2.21. The van der Waals surface area contributed by atoms with Gasteiger partial charge >= 0.3 is 0 Å². The molecule has 0 saturated heterocycles. The number of hydrogen-bond donors (Lipinski definition) is 1. The van der Waals surface area contributed by atoms with E-state index in [1.807, 2.05) is 32.9 Å². The Balaban J connectivity index is 2.59. The van der Waals surface area contributed by atoms with Gasteiger partial charge in [-0.2, -0.15) is 0 Å². The molecule has 1 rings (SSSR count). The molecule has 2 atom stereocenters. The van der Waals surface area contributed by atoms with Gasteiger partial charge in [-0.05, 0) is 49.8 Å². The smallest absolute Gasteiger partial charge is 0.261 e. The van der Waals surface area contributed by atoms with Crippen LogP contribution in [0.15, 0.2) is 18.2 Å². The normalized spacial score (nSPS) is 13.4. The van der Waals surface area contributed by atoms with E-state index >= 15 is 0 Å². The van der Waals surface area contributed by atoms with Gasteiger partial charge in [-0.25, -0.2) is 0 Å². The van der Waals surface area contributed by atoms with Crippen molar-refractivity contribution in [2.24, 2.45) is 5.92 Å². The molecule has 0 aliphatic rings. The van der Waals surface area contributed by atoms with Crippen LogP contribution >= 0.6 is 0 Å². The number of unbranched alkanes of at least 4 members (excludes halogenated alkanes) is 1. The summed E-state index contributed by atoms with van der Waals surface area (Å²) < 4.78 is 5.97. The number of hydrogen-bond acceptors (Lipinski definition) is 2. The highest BCUT2D eigenvalue weighted by atomic mass is 16.5. The number of benzene rings is 1. The van der Waals surface area contributed by atoms with E-state index in [1.165, 1.54) is 19.3 Å². The van der Waals surface area contributed by atoms with E-state index in [-0.39, 0.29) is 5.91 Å². The van der Waals surface area contributed by atoms with E-state index < -0.39 is 6.10 Å². The van der Waals surface area contributed by atoms with Crippen LogP contribution in [0.4, 0.5) is 0 Å². The Bertz CT molecular complexity index is 485. The van der Waals surface area contributed by atoms with Gasteiger partial charge < -0.3 is 10.1 Å². The molecule has 1 aromatic rings. The van der Waals surface area contributed by atoms with Crippen molar-refractivity contribution in [1.82, 2.24) is 5.32 Å². The van der Waals surface area contributed by atoms with Crippen LogP contribution in [0.2, 0.25) is 0 Å². The number of amides is 1. The van der Waals surface area contributed by atoms with E-state index in [4.69, 9.17) is 4.74 Å². The molecule has 0 aromatic heterocycles. The fourth-order valence-corrected chi connectivity index (χ4v) is 2.61. The van der Waals surface area contributed by atoms with Crippen LogP contribution in [-0.2, 0) is 4.79 Å². The van der Waals surface area contributed by atoms with E-state index in [2.05, 4.69) is 25.2 Å². The molecule has 3 nitrogen and oxygen atoms in total. The Morgan fingerprint density at radius 2 is 1.91 bits per heavy atom. The van der Waals surface area contributed by atoms with Crippen LogP contribution in [-0.4, -0.2) is 18.6 Å². The van der Waals surface area contributed by atoms with E-state index in [0.29, 0.717) is 12.3 Å². The zero-order chi connectivity index (χ0) is 17.2. The van der Waals surface area contributed by atoms with Crippen molar-refractivity contribution < 1.29 is 9.53 Å². The van der Waals surface area contributed by atoms with Gasteiger partial charge in [0, 0.05) is 6.54 Å². The summed E-state index contributed by atoms with van der Waals surface area (Å²) in [6.45, 7) is 11.2. The summed E-state index contributed by atoms with van der Waals surface area (Å²) >= 11 is 0. The molecule has 0 fully saturated rings. The Morgan fingerprint density at radius 3 is 2.52 bits per heavy atom. The molecule has 0 saturated carbocycles. The monoisotopic (exact) mass is 319 g/mol. The molecule has 0 aliphatic carbocycles. The SMILES string of the molecule is CCCCC(CC)CNC(=O)C(CC)Oc1cc(C)ccc1C. The minimum absolute atomic E-state index is 0.00311. The van der Waals surface area contributed by atoms with Crippen molar-refractivity contribution in [1.29, 1.82) is 0 Å². The molecule has 1 aromatic carbocycles. The molecular weight excluding hydrogens is 286 g/mol. The third-order valence-corrected chi connectivity index (χ3v) is 4.38. The lowest BCUT2D eigenvalue weighted by molar-refractivity contribution is -0.128. The molecule has 3 heteroatoms. The molecule has 23 heavy (non-hydrogen) atoms. The lowest BCUT2D eigenvalue weighted by Gasteiger charge is -2.21. The predicted octanol–water partition coefficient (Wildman–Crippen LogP) is 4.79. The number of rotatable bonds is 10. The molecular formula is C20H33NO2. The van der Waals surface area contributed by atoms with Crippen LogP contribution in [0, 0.1) is 19.8 Å². The summed E-state index contributed by atoms with van der Waals surface area (Å²) in [5.41, 5.74) is 2.21. The summed E-state index contributed by atoms with van der Waals surface area (Å²) in [7, 11) is 0. The fraction of sp³-hybridized carbons (Fsp3) is 0.650. The zero-order valence-electron chi connectivity index (χ0n) is 15.4. The maximum absolute atomic E-state index is 12.4. The molecule has 2 unspecified atom stereocenters. The Hall–Kier alpha value is -1.51. The number of carbonyl (C=O) groups excluding carboxylic acids is 1. The zero-order valence-corrected chi connectivity index (χ0v) is 15.4. The average molecular weight is 319 g/mol. The van der Waals surface area contributed by atoms with E-state index in [0.717, 1.165) is 29.8 Å². The van der Waals surface area contributed by atoms with Crippen LogP contribution < -0.4 is 10.1 Å². The van der Waals surface area contributed by atoms with Crippen LogP contribution in [0.3, 0.4) is 0 Å². The molecule has 0 aliphatic heterocycles. The van der Waals surface area contributed by atoms with Gasteiger partial charge in [0.15, 0.2) is 6.10 Å². The summed E-state index contributed by atoms with van der Waals surface area (Å²) in [5.74, 6) is 1.38. The number of nitrogens with one attached hydrogen (secondary N) is 1. The second-order valence-corrected chi connectivity index (χ2v) is 6.45. The van der Waals surface area contributed by atoms with E-state index in [9.17, 15) is 4.79 Å². The van der Waals surface area contributed by atoms with Gasteiger partial charge in [0.1, 0.15) is 5.75 Å². The molecule has 130 valence electrons. The Kier molecular flexibility index (Phi) is 8.75. The Labute approximate surface area is 141 Å². The largest absolute Gasteiger partial charge is 0.480 e. The van der Waals surface area contributed by atoms with Gasteiger partial charge in [0.25, 0.3) is 5.91 Å². The molecule has 0 bridgehead atoms. The topological polar surface area (TPSA) is 38.3 Å². The highest BCUT2D eigenvalue weighted by molar-refractivity contribution is 5.81. The number of ether oxygens (including phenoxy) is 1. The fourth-order valence-electron chi connectivity index (χ4n) is 2.61. The second kappa shape index (κ2) is 10.3. The van der Waals surface area contributed by atoms with Crippen molar-refractivity contribution in [3.05, 3.63) is 29.3 Å². The summed E-state index contributed by atoms with van der Waals surface area (Å²) in [6.07, 6.45) is 4.98. The molecule has 1 amide bonds. The second-order valence-electron chi connectivity index (χ2n) is 6.45. The first-order valence-electron chi connectivity index (χ1n) is 9.03. The summed E-state index contributed by atoms with van der Waals surface area (Å²) in [6, 6.07) is 6.09. The molecule has 0 heterocycles. The van der Waals surface area contributed by atoms with Gasteiger partial charge in [0.05, 0.1) is 0 Å². The molecule has 1 N–H and O–H groups in total. The first kappa shape index (κ1) is 19.5. The third kappa shape index (κ3) is 6.64. The van der Waals surface area contributed by atoms with Crippen molar-refractivity contribution in [2.75, 3.05) is 6.54 Å². The quantitative estimate of drug-likeness (QED) is 0.673. The minimum atomic E-state index is -0.417. The third-order valence-electron chi connectivity index (χ3n) is 4.38. The summed E-state index contributed by atoms with van der Waals surface area (Å²) in [4.78, 5) is 12.4. The summed E-state index contributed by atoms with van der Waals surface area (Å²) in [5, 5.41) is 3.08. The van der Waals surface area contributed by atoms with Crippen molar-refractivity contribution in [2.45, 2.75) is 72.8 Å². The van der Waals surface area contributed by atoms with Gasteiger partial charge in [-0.15, -0.1) is 0 Å². The van der Waals surface area contributed by atoms with Crippen molar-refractivity contribution in [3.8, 4) is 5.75 Å². The Morgan fingerprint density at radius 1 is 1.17 bits per heavy atom. The number of carbonyl (C=O) groups is 1. The maximum atomic E-state index is 12.4. The van der Waals surface area contributed by atoms with Crippen LogP contribution in [0.5, 0.6) is 5.75 Å². The minimum Gasteiger partial charge on any atom is -0.480 e. The van der Waals surface area contributed by atoms with Crippen LogP contribution in [0.1, 0.15) is 64.0 Å². The predicted molar refractivity (Wildman–Crippen MR) is 96.9 cm³/mol. The van der Waals surface area contributed by atoms with Gasteiger partial charge in [0.2, 0.25) is 0 Å². The van der Waals surface area contributed by atoms with E-state index in [1.54, 1.807) is 0 Å². The number of aryl methyl sites for hydroxylation is 2. The molecule has 0 radical (unpaired) electrons. The first-order chi connectivity index (χ1) is 11.0. The lowest BCUT2D eigenvalue weighted by Crippen LogP contribution is -2.40. The average Bonchev–Trinajstić information content (AvgIpc) is 2.55. The maximum Gasteiger partial charge on any atom is 0.261 e. The first-order valence-corrected chi connectivity index (χ1v) is 9.03. The lowest BCUT2D eigenvalue weighted by atomic mass is 9.99. The highest BCUT2D eigenvalue weighted by Gasteiger charge is 2.20.